The van der Waals surface area contributed by atoms with Gasteiger partial charge in [0.15, 0.2) is 0 Å². The van der Waals surface area contributed by atoms with Crippen LogP contribution in [0.3, 0.4) is 0 Å². The Labute approximate surface area is 343 Å². The number of rotatable bonds is 29. The number of carboxylic acid groups (broad SMARTS) is 1. The average Bonchev–Trinajstić information content (AvgIpc) is 3.17. The molecule has 338 valence electrons. The van der Waals surface area contributed by atoms with Gasteiger partial charge in [0, 0.05) is 6.54 Å². The van der Waals surface area contributed by atoms with Gasteiger partial charge < -0.3 is 79.5 Å². The second kappa shape index (κ2) is 27.6. The van der Waals surface area contributed by atoms with Crippen molar-refractivity contribution in [3.8, 4) is 0 Å². The van der Waals surface area contributed by atoms with E-state index in [9.17, 15) is 53.7 Å². The maximum Gasteiger partial charge on any atom is 0.328 e. The Morgan fingerprint density at radius 2 is 1.14 bits per heavy atom. The summed E-state index contributed by atoms with van der Waals surface area (Å²) in [6.07, 6.45) is -0.420. The third-order valence-corrected chi connectivity index (χ3v) is 9.01. The molecule has 0 aromatic carbocycles. The molecule has 17 N–H and O–H groups in total. The number of hydrogen-bond acceptors (Lipinski definition) is 15. The number of hydrogen-bond donors (Lipinski definition) is 15. The molecular weight excluding hydrogens is 780 g/mol. The van der Waals surface area contributed by atoms with Gasteiger partial charge in [-0.3, -0.25) is 33.6 Å². The highest BCUT2D eigenvalue weighted by atomic mass is 16.4. The fraction of sp³-hybridized carbons (Fsp3) is 0.722. The zero-order valence-corrected chi connectivity index (χ0v) is 34.6. The van der Waals surface area contributed by atoms with E-state index < -0.39 is 128 Å². The molecule has 0 unspecified atom stereocenters. The first-order valence-corrected chi connectivity index (χ1v) is 19.3. The second-order valence-corrected chi connectivity index (χ2v) is 14.8. The summed E-state index contributed by atoms with van der Waals surface area (Å²) >= 11 is 0. The van der Waals surface area contributed by atoms with Gasteiger partial charge in [-0.1, -0.05) is 54.5 Å². The van der Waals surface area contributed by atoms with E-state index in [-0.39, 0.29) is 43.5 Å². The third-order valence-electron chi connectivity index (χ3n) is 9.01. The molecule has 0 fully saturated rings. The van der Waals surface area contributed by atoms with Crippen molar-refractivity contribution in [3.63, 3.8) is 0 Å². The smallest absolute Gasteiger partial charge is 0.328 e. The first-order valence-electron chi connectivity index (χ1n) is 19.3. The maximum atomic E-state index is 13.8. The molecule has 0 spiro atoms. The van der Waals surface area contributed by atoms with E-state index in [2.05, 4.69) is 43.8 Å². The summed E-state index contributed by atoms with van der Waals surface area (Å²) in [6.45, 7) is 10.4. The van der Waals surface area contributed by atoms with E-state index in [0.29, 0.717) is 6.42 Å². The van der Waals surface area contributed by atoms with Crippen LogP contribution < -0.4 is 54.0 Å². The van der Waals surface area contributed by atoms with E-state index in [4.69, 9.17) is 21.7 Å². The monoisotopic (exact) mass is 846 g/mol. The highest BCUT2D eigenvalue weighted by Gasteiger charge is 2.35. The molecule has 23 nitrogen and oxygen atoms in total. The van der Waals surface area contributed by atoms with Crippen molar-refractivity contribution >= 4 is 47.3 Å². The molecule has 0 aromatic rings. The van der Waals surface area contributed by atoms with Gasteiger partial charge in [-0.25, -0.2) is 4.79 Å². The summed E-state index contributed by atoms with van der Waals surface area (Å²) in [6, 6.07) is -10.1. The van der Waals surface area contributed by atoms with Crippen molar-refractivity contribution in [1.82, 2.24) is 42.5 Å². The molecule has 7 amide bonds. The van der Waals surface area contributed by atoms with Crippen LogP contribution in [0, 0.1) is 17.8 Å². The molecule has 0 saturated carbocycles. The minimum Gasteiger partial charge on any atom is -0.480 e. The van der Waals surface area contributed by atoms with Crippen LogP contribution in [-0.2, 0) is 38.4 Å². The van der Waals surface area contributed by atoms with E-state index in [1.807, 2.05) is 19.2 Å². The number of aliphatic hydroxyl groups is 4. The standard InChI is InChI=1S/C36H66N10O13/c1-8-19(6)28(35(57)44-23(14-47)30(52)40-13-26(50)41-24(15-48)33(55)45-25(16-49)36(58)59)46-31(53)21(10-9-11-39-20(7)37)42-32(54)22(12-17(2)3)43-34(56)27(38)29(51)18(4)5/h17-19,21-25,27-29,39,47-49,51H,7-16,37-38H2,1-6H3,(H,40,52)(H,41,50)(H,42,54)(H,43,56)(H,44,57)(H,45,55)(H,46,53)(H,58,59)/t19-,21+,22-,23-,24-,25-,27-,28-,29+/m0/s1. The molecule has 0 heterocycles. The number of carbonyl (C=O) groups is 8. The van der Waals surface area contributed by atoms with Gasteiger partial charge in [0.2, 0.25) is 41.4 Å². The lowest BCUT2D eigenvalue weighted by atomic mass is 9.96. The van der Waals surface area contributed by atoms with Crippen molar-refractivity contribution in [1.29, 1.82) is 0 Å². The SMILES string of the molecule is C=C(N)NCCC[C@@H](NC(=O)[C@H](CC(C)C)NC(=O)[C@@H](N)[C@H](O)C(C)C)C(=O)N[C@H](C(=O)N[C@@H](CO)C(=O)NCC(=O)N[C@@H](CO)C(=O)N[C@@H](CO)C(=O)O)[C@@H](C)CC. The van der Waals surface area contributed by atoms with Crippen molar-refractivity contribution in [3.05, 3.63) is 12.4 Å². The molecule has 0 rings (SSSR count). The Bertz CT molecular complexity index is 1430. The zero-order chi connectivity index (χ0) is 45.6. The summed E-state index contributed by atoms with van der Waals surface area (Å²) in [7, 11) is 0. The minimum absolute atomic E-state index is 0.0186. The Morgan fingerprint density at radius 1 is 0.644 bits per heavy atom. The van der Waals surface area contributed by atoms with E-state index >= 15 is 0 Å². The van der Waals surface area contributed by atoms with Gasteiger partial charge in [-0.05, 0) is 37.0 Å². The lowest BCUT2D eigenvalue weighted by molar-refractivity contribution is -0.143. The largest absolute Gasteiger partial charge is 0.480 e. The minimum atomic E-state index is -1.72. The van der Waals surface area contributed by atoms with Gasteiger partial charge in [-0.2, -0.15) is 0 Å². The molecule has 23 heteroatoms. The van der Waals surface area contributed by atoms with Crippen LogP contribution in [0.4, 0.5) is 0 Å². The molecule has 0 aromatic heterocycles. The number of nitrogens with one attached hydrogen (secondary N) is 8. The topological polar surface area (TPSA) is 386 Å². The van der Waals surface area contributed by atoms with E-state index in [1.54, 1.807) is 27.7 Å². The molecular formula is C36H66N10O13. The summed E-state index contributed by atoms with van der Waals surface area (Å²) in [5, 5.41) is 67.0. The summed E-state index contributed by atoms with van der Waals surface area (Å²) in [5.41, 5.74) is 11.5. The maximum absolute atomic E-state index is 13.8. The Hall–Kier alpha value is -5.10. The van der Waals surface area contributed by atoms with Gasteiger partial charge in [0.05, 0.1) is 38.3 Å². The van der Waals surface area contributed by atoms with Crippen LogP contribution in [0.2, 0.25) is 0 Å². The molecule has 0 saturated heterocycles. The van der Waals surface area contributed by atoms with Gasteiger partial charge >= 0.3 is 5.97 Å². The fourth-order valence-corrected chi connectivity index (χ4v) is 5.24. The number of nitrogens with two attached hydrogens (primary N) is 2. The lowest BCUT2D eigenvalue weighted by Crippen LogP contribution is -2.61. The van der Waals surface area contributed by atoms with Crippen LogP contribution in [0.25, 0.3) is 0 Å². The highest BCUT2D eigenvalue weighted by molar-refractivity contribution is 5.97. The van der Waals surface area contributed by atoms with Crippen molar-refractivity contribution < 1.29 is 63.9 Å². The number of carboxylic acids is 1. The van der Waals surface area contributed by atoms with Crippen LogP contribution in [-0.4, -0.2) is 154 Å². The van der Waals surface area contributed by atoms with E-state index in [1.165, 1.54) is 0 Å². The second-order valence-electron chi connectivity index (χ2n) is 14.8. The summed E-state index contributed by atoms with van der Waals surface area (Å²) < 4.78 is 0. The quantitative estimate of drug-likeness (QED) is 0.0312. The highest BCUT2D eigenvalue weighted by Crippen LogP contribution is 2.12. The predicted molar refractivity (Wildman–Crippen MR) is 212 cm³/mol. The van der Waals surface area contributed by atoms with Crippen molar-refractivity contribution in [2.45, 2.75) is 116 Å². The van der Waals surface area contributed by atoms with Crippen LogP contribution >= 0.6 is 0 Å². The fourth-order valence-electron chi connectivity index (χ4n) is 5.24. The molecule has 0 aliphatic heterocycles. The van der Waals surface area contributed by atoms with Crippen LogP contribution in [0.5, 0.6) is 0 Å². The first kappa shape index (κ1) is 53.9. The summed E-state index contributed by atoms with van der Waals surface area (Å²) in [4.78, 5) is 103. The molecule has 0 aliphatic rings. The van der Waals surface area contributed by atoms with Crippen LogP contribution in [0.1, 0.15) is 67.2 Å². The molecule has 59 heavy (non-hydrogen) atoms. The van der Waals surface area contributed by atoms with Crippen molar-refractivity contribution in [2.75, 3.05) is 32.9 Å². The molecule has 0 aliphatic carbocycles. The Balaban J connectivity index is 6.04. The summed E-state index contributed by atoms with van der Waals surface area (Å²) in [5.74, 6) is -8.88. The molecule has 0 bridgehead atoms. The van der Waals surface area contributed by atoms with Crippen LogP contribution in [0.15, 0.2) is 12.4 Å². The van der Waals surface area contributed by atoms with Gasteiger partial charge in [-0.15, -0.1) is 0 Å². The number of carbonyl (C=O) groups excluding carboxylic acids is 7. The zero-order valence-electron chi connectivity index (χ0n) is 34.6. The Kier molecular flexibility index (Phi) is 25.2. The number of amides is 7. The molecule has 9 atom stereocenters. The first-order chi connectivity index (χ1) is 27.5. The van der Waals surface area contributed by atoms with Crippen molar-refractivity contribution in [2.24, 2.45) is 29.2 Å². The van der Waals surface area contributed by atoms with Gasteiger partial charge in [0.25, 0.3) is 0 Å². The predicted octanol–water partition coefficient (Wildman–Crippen LogP) is -5.69. The van der Waals surface area contributed by atoms with Gasteiger partial charge in [0.1, 0.15) is 42.3 Å². The number of aliphatic hydroxyl groups excluding tert-OH is 4. The van der Waals surface area contributed by atoms with E-state index in [0.717, 1.165) is 0 Å². The lowest BCUT2D eigenvalue weighted by Gasteiger charge is -2.29. The average molecular weight is 847 g/mol. The normalized spacial score (nSPS) is 15.7. The Morgan fingerprint density at radius 3 is 1.63 bits per heavy atom. The number of aliphatic carboxylic acids is 1. The molecule has 0 radical (unpaired) electrons. The third kappa shape index (κ3) is 19.9.